The van der Waals surface area contributed by atoms with E-state index < -0.39 is 0 Å². The second-order valence-electron chi connectivity index (χ2n) is 7.55. The van der Waals surface area contributed by atoms with E-state index in [-0.39, 0.29) is 0 Å². The molecule has 0 unspecified atom stereocenters. The van der Waals surface area contributed by atoms with E-state index >= 15 is 0 Å². The van der Waals surface area contributed by atoms with Crippen LogP contribution >= 0.6 is 0 Å². The highest BCUT2D eigenvalue weighted by Crippen LogP contribution is 2.35. The summed E-state index contributed by atoms with van der Waals surface area (Å²) >= 11 is 0. The Morgan fingerprint density at radius 1 is 1.07 bits per heavy atom. The van der Waals surface area contributed by atoms with Crippen molar-refractivity contribution in [3.63, 3.8) is 0 Å². The van der Waals surface area contributed by atoms with E-state index in [1.807, 2.05) is 35.1 Å². The maximum absolute atomic E-state index is 6.05. The molecular weight excluding hydrogens is 380 g/mol. The fourth-order valence-corrected chi connectivity index (χ4v) is 3.77. The topological polar surface area (TPSA) is 90.9 Å². The fraction of sp³-hybridized carbons (Fsp3) is 0.364. The van der Waals surface area contributed by atoms with E-state index in [2.05, 4.69) is 39.4 Å². The van der Waals surface area contributed by atoms with Gasteiger partial charge in [-0.2, -0.15) is 5.10 Å². The molecule has 1 saturated heterocycles. The summed E-state index contributed by atoms with van der Waals surface area (Å²) < 4.78 is 13.5. The van der Waals surface area contributed by atoms with Gasteiger partial charge in [0, 0.05) is 37.6 Å². The smallest absolute Gasteiger partial charge is 0.251 e. The zero-order valence-corrected chi connectivity index (χ0v) is 17.1. The maximum atomic E-state index is 6.05. The first-order chi connectivity index (χ1) is 14.7. The Balaban J connectivity index is 1.57. The van der Waals surface area contributed by atoms with E-state index in [1.165, 1.54) is 5.56 Å². The molecule has 0 amide bonds. The number of nitrogens with one attached hydrogen (secondary N) is 1. The molecule has 8 nitrogen and oxygen atoms in total. The van der Waals surface area contributed by atoms with Crippen LogP contribution in [0.5, 0.6) is 0 Å². The number of benzene rings is 1. The Bertz CT molecular complexity index is 1160. The largest absolute Gasteiger partial charge is 0.416 e. The molecule has 4 aromatic rings. The molecule has 1 N–H and O–H groups in total. The second-order valence-corrected chi connectivity index (χ2v) is 7.55. The average molecular weight is 404 g/mol. The Kier molecular flexibility index (Phi) is 4.92. The lowest BCUT2D eigenvalue weighted by Gasteiger charge is -2.25. The lowest BCUT2D eigenvalue weighted by molar-refractivity contribution is 0.0905. The van der Waals surface area contributed by atoms with Crippen molar-refractivity contribution in [1.29, 1.82) is 0 Å². The van der Waals surface area contributed by atoms with Gasteiger partial charge >= 0.3 is 0 Å². The van der Waals surface area contributed by atoms with E-state index in [9.17, 15) is 0 Å². The molecule has 1 aromatic carbocycles. The molecule has 5 rings (SSSR count). The molecular formula is C22H24N6O2. The van der Waals surface area contributed by atoms with Gasteiger partial charge in [-0.3, -0.25) is 0 Å². The monoisotopic (exact) mass is 404 g/mol. The maximum Gasteiger partial charge on any atom is 0.251 e. The Morgan fingerprint density at radius 2 is 1.83 bits per heavy atom. The predicted octanol–water partition coefficient (Wildman–Crippen LogP) is 4.07. The molecule has 0 spiro atoms. The highest BCUT2D eigenvalue weighted by Gasteiger charge is 2.22. The van der Waals surface area contributed by atoms with Gasteiger partial charge in [-0.15, -0.1) is 10.2 Å². The molecule has 1 aliphatic rings. The van der Waals surface area contributed by atoms with Crippen LogP contribution in [0.1, 0.15) is 25.3 Å². The number of ether oxygens (including phenoxy) is 1. The van der Waals surface area contributed by atoms with Gasteiger partial charge in [0.25, 0.3) is 5.89 Å². The number of aromatic nitrogens is 5. The molecule has 1 aliphatic heterocycles. The number of rotatable bonds is 5. The second kappa shape index (κ2) is 7.87. The van der Waals surface area contributed by atoms with E-state index in [1.54, 1.807) is 6.20 Å². The minimum atomic E-state index is 0.313. The number of anilines is 1. The van der Waals surface area contributed by atoms with E-state index in [0.29, 0.717) is 17.8 Å². The first-order valence-corrected chi connectivity index (χ1v) is 10.3. The van der Waals surface area contributed by atoms with Crippen LogP contribution < -0.4 is 5.32 Å². The third-order valence-electron chi connectivity index (χ3n) is 5.49. The summed E-state index contributed by atoms with van der Waals surface area (Å²) in [7, 11) is 0. The van der Waals surface area contributed by atoms with Crippen molar-refractivity contribution in [3.05, 3.63) is 42.2 Å². The number of hydrogen-bond acceptors (Lipinski definition) is 7. The summed E-state index contributed by atoms with van der Waals surface area (Å²) in [6.45, 7) is 6.37. The zero-order valence-electron chi connectivity index (χ0n) is 17.1. The average Bonchev–Trinajstić information content (AvgIpc) is 3.43. The van der Waals surface area contributed by atoms with Gasteiger partial charge in [0.2, 0.25) is 5.89 Å². The van der Waals surface area contributed by atoms with Crippen molar-refractivity contribution in [3.8, 4) is 22.9 Å². The highest BCUT2D eigenvalue weighted by molar-refractivity contribution is 5.96. The molecule has 1 fully saturated rings. The lowest BCUT2D eigenvalue weighted by Crippen LogP contribution is -2.28. The van der Waals surface area contributed by atoms with E-state index in [4.69, 9.17) is 9.15 Å². The predicted molar refractivity (Wildman–Crippen MR) is 114 cm³/mol. The third-order valence-corrected chi connectivity index (χ3v) is 5.49. The van der Waals surface area contributed by atoms with Crippen molar-refractivity contribution < 1.29 is 9.15 Å². The van der Waals surface area contributed by atoms with Crippen LogP contribution in [-0.4, -0.2) is 44.2 Å². The first kappa shape index (κ1) is 18.7. The zero-order chi connectivity index (χ0) is 20.5. The van der Waals surface area contributed by atoms with Crippen molar-refractivity contribution in [2.75, 3.05) is 18.5 Å². The summed E-state index contributed by atoms with van der Waals surface area (Å²) in [4.78, 5) is 4.64. The van der Waals surface area contributed by atoms with Gasteiger partial charge in [0.05, 0.1) is 22.8 Å². The molecule has 0 aliphatic carbocycles. The van der Waals surface area contributed by atoms with Crippen LogP contribution in [0.15, 0.2) is 41.1 Å². The summed E-state index contributed by atoms with van der Waals surface area (Å²) in [6, 6.07) is 8.35. The van der Waals surface area contributed by atoms with Crippen LogP contribution in [-0.2, 0) is 11.3 Å². The van der Waals surface area contributed by atoms with Crippen LogP contribution in [0, 0.1) is 6.92 Å². The minimum absolute atomic E-state index is 0.313. The van der Waals surface area contributed by atoms with Gasteiger partial charge in [0.15, 0.2) is 5.65 Å². The Hall–Kier alpha value is -3.26. The molecule has 0 atom stereocenters. The van der Waals surface area contributed by atoms with Crippen LogP contribution in [0.2, 0.25) is 0 Å². The van der Waals surface area contributed by atoms with Gasteiger partial charge in [-0.1, -0.05) is 17.7 Å². The van der Waals surface area contributed by atoms with Gasteiger partial charge in [-0.05, 0) is 38.8 Å². The van der Waals surface area contributed by atoms with Crippen LogP contribution in [0.25, 0.3) is 33.9 Å². The van der Waals surface area contributed by atoms with Crippen molar-refractivity contribution in [2.45, 2.75) is 39.3 Å². The number of hydrogen-bond donors (Lipinski definition) is 1. The molecule has 154 valence electrons. The minimum Gasteiger partial charge on any atom is -0.416 e. The highest BCUT2D eigenvalue weighted by atomic mass is 16.5. The molecule has 4 heterocycles. The SMILES string of the molecule is CCn1ncc2c(NC3CCOCC3)c(-c3nnc(-c4ccc(C)cc4)o3)cnc21. The lowest BCUT2D eigenvalue weighted by atomic mass is 10.1. The summed E-state index contributed by atoms with van der Waals surface area (Å²) in [5, 5.41) is 17.7. The Morgan fingerprint density at radius 3 is 2.60 bits per heavy atom. The van der Waals surface area contributed by atoms with Gasteiger partial charge in [-0.25, -0.2) is 9.67 Å². The molecule has 3 aromatic heterocycles. The van der Waals surface area contributed by atoms with Gasteiger partial charge < -0.3 is 14.5 Å². The van der Waals surface area contributed by atoms with Crippen molar-refractivity contribution in [2.24, 2.45) is 0 Å². The normalized spacial score (nSPS) is 15.0. The Labute approximate surface area is 174 Å². The number of aryl methyl sites for hydroxylation is 2. The number of fused-ring (bicyclic) bond motifs is 1. The molecule has 8 heteroatoms. The molecule has 0 saturated carbocycles. The van der Waals surface area contributed by atoms with Crippen molar-refractivity contribution in [1.82, 2.24) is 25.0 Å². The number of nitrogens with zero attached hydrogens (tertiary/aromatic N) is 5. The first-order valence-electron chi connectivity index (χ1n) is 10.3. The summed E-state index contributed by atoms with van der Waals surface area (Å²) in [6.07, 6.45) is 5.55. The summed E-state index contributed by atoms with van der Waals surface area (Å²) in [5.74, 6) is 0.935. The molecule has 0 bridgehead atoms. The molecule has 30 heavy (non-hydrogen) atoms. The fourth-order valence-electron chi connectivity index (χ4n) is 3.77. The standard InChI is InChI=1S/C22H24N6O2/c1-3-28-20-17(13-24-28)19(25-16-8-10-29-11-9-16)18(12-23-20)22-27-26-21(30-22)15-6-4-14(2)5-7-15/h4-7,12-13,16H,3,8-11H2,1-2H3,(H,23,25). The van der Waals surface area contributed by atoms with E-state index in [0.717, 1.165) is 60.4 Å². The van der Waals surface area contributed by atoms with Crippen LogP contribution in [0.3, 0.4) is 0 Å². The number of pyridine rings is 1. The molecule has 0 radical (unpaired) electrons. The van der Waals surface area contributed by atoms with Crippen LogP contribution in [0.4, 0.5) is 5.69 Å². The van der Waals surface area contributed by atoms with Crippen molar-refractivity contribution >= 4 is 16.7 Å². The van der Waals surface area contributed by atoms with Gasteiger partial charge in [0.1, 0.15) is 0 Å². The quantitative estimate of drug-likeness (QED) is 0.536. The summed E-state index contributed by atoms with van der Waals surface area (Å²) in [5.41, 5.74) is 4.64. The third kappa shape index (κ3) is 3.43.